The van der Waals surface area contributed by atoms with E-state index in [1.807, 2.05) is 31.2 Å². The molecule has 0 spiro atoms. The van der Waals surface area contributed by atoms with Crippen molar-refractivity contribution in [2.75, 3.05) is 7.05 Å². The zero-order valence-electron chi connectivity index (χ0n) is 15.8. The zero-order valence-corrected chi connectivity index (χ0v) is 15.8. The molecule has 2 aromatic carbocycles. The number of carbonyl (C=O) groups excluding carboxylic acids is 1. The van der Waals surface area contributed by atoms with E-state index in [0.29, 0.717) is 11.8 Å². The molecule has 2 heterocycles. The number of piperidine rings is 1. The molecule has 0 aliphatic carbocycles. The van der Waals surface area contributed by atoms with E-state index in [-0.39, 0.29) is 23.8 Å². The molecule has 0 unspecified atom stereocenters. The van der Waals surface area contributed by atoms with E-state index in [0.717, 1.165) is 18.4 Å². The van der Waals surface area contributed by atoms with Gasteiger partial charge in [-0.2, -0.15) is 0 Å². The maximum atomic E-state index is 13.2. The van der Waals surface area contributed by atoms with Crippen molar-refractivity contribution >= 4 is 5.97 Å². The largest absolute Gasteiger partial charge is 0.426 e. The molecule has 2 bridgehead atoms. The Hall–Kier alpha value is -2.13. The first kappa shape index (κ1) is 17.3. The molecule has 2 aromatic rings. The van der Waals surface area contributed by atoms with Crippen molar-refractivity contribution in [1.29, 1.82) is 0 Å². The van der Waals surface area contributed by atoms with Crippen LogP contribution in [0, 0.1) is 19.8 Å². The second-order valence-corrected chi connectivity index (χ2v) is 7.98. The second kappa shape index (κ2) is 6.88. The highest BCUT2D eigenvalue weighted by atomic mass is 16.5. The molecule has 0 N–H and O–H groups in total. The summed E-state index contributed by atoms with van der Waals surface area (Å²) in [5.41, 5.74) is 3.63. The van der Waals surface area contributed by atoms with Gasteiger partial charge in [-0.15, -0.1) is 0 Å². The van der Waals surface area contributed by atoms with Crippen LogP contribution in [0.25, 0.3) is 0 Å². The summed E-state index contributed by atoms with van der Waals surface area (Å²) < 4.78 is 5.84. The lowest BCUT2D eigenvalue weighted by atomic mass is 9.76. The van der Waals surface area contributed by atoms with Gasteiger partial charge >= 0.3 is 5.97 Å². The van der Waals surface area contributed by atoms with Gasteiger partial charge < -0.3 is 4.74 Å². The normalized spacial score (nSPS) is 28.1. The van der Waals surface area contributed by atoms with Crippen molar-refractivity contribution < 1.29 is 9.53 Å². The molecule has 0 saturated carbocycles. The van der Waals surface area contributed by atoms with E-state index in [4.69, 9.17) is 4.74 Å². The van der Waals surface area contributed by atoms with Crippen LogP contribution in [0.15, 0.2) is 48.5 Å². The number of rotatable bonds is 3. The van der Waals surface area contributed by atoms with Crippen LogP contribution in [0.5, 0.6) is 5.75 Å². The van der Waals surface area contributed by atoms with Crippen molar-refractivity contribution in [2.45, 2.75) is 51.1 Å². The molecule has 2 aliphatic heterocycles. The van der Waals surface area contributed by atoms with E-state index >= 15 is 0 Å². The molecule has 4 rings (SSSR count). The summed E-state index contributed by atoms with van der Waals surface area (Å²) in [7, 11) is 2.17. The Labute approximate surface area is 156 Å². The monoisotopic (exact) mass is 349 g/mol. The maximum absolute atomic E-state index is 13.2. The minimum absolute atomic E-state index is 0.0848. The summed E-state index contributed by atoms with van der Waals surface area (Å²) in [4.78, 5) is 15.6. The first-order chi connectivity index (χ1) is 12.5. The third-order valence-electron chi connectivity index (χ3n) is 6.25. The summed E-state index contributed by atoms with van der Waals surface area (Å²) >= 11 is 0. The predicted molar refractivity (Wildman–Crippen MR) is 103 cm³/mol. The minimum Gasteiger partial charge on any atom is -0.426 e. The average Bonchev–Trinajstić information content (AvgIpc) is 2.85. The fourth-order valence-corrected chi connectivity index (χ4v) is 4.81. The first-order valence-electron chi connectivity index (χ1n) is 9.60. The fraction of sp³-hybridized carbons (Fsp3) is 0.435. The summed E-state index contributed by atoms with van der Waals surface area (Å²) in [6, 6.07) is 17.3. The molecular weight excluding hydrogens is 322 g/mol. The van der Waals surface area contributed by atoms with E-state index < -0.39 is 0 Å². The lowest BCUT2D eigenvalue weighted by Gasteiger charge is -2.41. The highest BCUT2D eigenvalue weighted by Gasteiger charge is 2.49. The Morgan fingerprint density at radius 2 is 1.81 bits per heavy atom. The number of ether oxygens (including phenoxy) is 1. The van der Waals surface area contributed by atoms with Gasteiger partial charge in [0.1, 0.15) is 5.75 Å². The Bertz CT molecular complexity index is 798. The van der Waals surface area contributed by atoms with Gasteiger partial charge in [0.15, 0.2) is 0 Å². The van der Waals surface area contributed by atoms with Crippen LogP contribution in [0.2, 0.25) is 0 Å². The number of carbonyl (C=O) groups is 1. The van der Waals surface area contributed by atoms with Crippen molar-refractivity contribution in [2.24, 2.45) is 5.92 Å². The molecule has 4 atom stereocenters. The lowest BCUT2D eigenvalue weighted by Crippen LogP contribution is -2.49. The maximum Gasteiger partial charge on any atom is 0.316 e. The van der Waals surface area contributed by atoms with Crippen LogP contribution < -0.4 is 4.74 Å². The molecule has 3 nitrogen and oxygen atoms in total. The molecule has 2 saturated heterocycles. The SMILES string of the molecule is Cc1ccc([C@H]2C[C@@H]3CC[C@H]([C@H]2C(=O)Oc2cccc(C)c2)N3C)cc1. The molecule has 136 valence electrons. The summed E-state index contributed by atoms with van der Waals surface area (Å²) in [5.74, 6) is 0.697. The van der Waals surface area contributed by atoms with E-state index in [9.17, 15) is 4.79 Å². The van der Waals surface area contributed by atoms with Crippen LogP contribution in [0.4, 0.5) is 0 Å². The Morgan fingerprint density at radius 3 is 2.54 bits per heavy atom. The van der Waals surface area contributed by atoms with E-state index in [1.165, 1.54) is 17.5 Å². The first-order valence-corrected chi connectivity index (χ1v) is 9.60. The summed E-state index contributed by atoms with van der Waals surface area (Å²) in [6.45, 7) is 4.12. The van der Waals surface area contributed by atoms with Gasteiger partial charge in [0.05, 0.1) is 5.92 Å². The highest BCUT2D eigenvalue weighted by molar-refractivity contribution is 5.77. The number of esters is 1. The zero-order chi connectivity index (χ0) is 18.3. The lowest BCUT2D eigenvalue weighted by molar-refractivity contribution is -0.143. The van der Waals surface area contributed by atoms with Gasteiger partial charge in [-0.1, -0.05) is 42.0 Å². The van der Waals surface area contributed by atoms with E-state index in [2.05, 4.69) is 43.1 Å². The number of hydrogen-bond acceptors (Lipinski definition) is 3. The van der Waals surface area contributed by atoms with Gasteiger partial charge in [-0.25, -0.2) is 0 Å². The number of fused-ring (bicyclic) bond motifs is 2. The van der Waals surface area contributed by atoms with Crippen molar-refractivity contribution in [3.63, 3.8) is 0 Å². The van der Waals surface area contributed by atoms with Crippen molar-refractivity contribution in [1.82, 2.24) is 4.90 Å². The molecule has 2 fully saturated rings. The van der Waals surface area contributed by atoms with Gasteiger partial charge in [-0.05, 0) is 63.4 Å². The third-order valence-corrected chi connectivity index (χ3v) is 6.25. The Morgan fingerprint density at radius 1 is 1.04 bits per heavy atom. The predicted octanol–water partition coefficient (Wildman–Crippen LogP) is 4.48. The molecule has 2 aliphatic rings. The number of benzene rings is 2. The van der Waals surface area contributed by atoms with Crippen molar-refractivity contribution in [3.8, 4) is 5.75 Å². The second-order valence-electron chi connectivity index (χ2n) is 7.98. The molecule has 0 amide bonds. The molecule has 0 radical (unpaired) electrons. The number of hydrogen-bond donors (Lipinski definition) is 0. The van der Waals surface area contributed by atoms with Gasteiger partial charge in [0, 0.05) is 18.0 Å². The number of aryl methyl sites for hydroxylation is 2. The van der Waals surface area contributed by atoms with Crippen LogP contribution in [0.1, 0.15) is 41.9 Å². The average molecular weight is 349 g/mol. The minimum atomic E-state index is -0.109. The van der Waals surface area contributed by atoms with Gasteiger partial charge in [0.25, 0.3) is 0 Å². The van der Waals surface area contributed by atoms with Crippen LogP contribution in [0.3, 0.4) is 0 Å². The molecule has 0 aromatic heterocycles. The smallest absolute Gasteiger partial charge is 0.316 e. The van der Waals surface area contributed by atoms with Gasteiger partial charge in [0.2, 0.25) is 0 Å². The van der Waals surface area contributed by atoms with E-state index in [1.54, 1.807) is 0 Å². The van der Waals surface area contributed by atoms with Crippen LogP contribution in [-0.2, 0) is 4.79 Å². The standard InChI is InChI=1S/C23H27NO2/c1-15-7-9-17(10-8-15)20-14-18-11-12-21(24(18)3)22(20)23(25)26-19-6-4-5-16(2)13-19/h4-10,13,18,20-22H,11-12,14H2,1-3H3/t18-,20+,21+,22-/m0/s1. The summed E-state index contributed by atoms with van der Waals surface area (Å²) in [6.07, 6.45) is 3.29. The molecule has 3 heteroatoms. The van der Waals surface area contributed by atoms with Gasteiger partial charge in [-0.3, -0.25) is 9.69 Å². The molecular formula is C23H27NO2. The summed E-state index contributed by atoms with van der Waals surface area (Å²) in [5, 5.41) is 0. The van der Waals surface area contributed by atoms with Crippen molar-refractivity contribution in [3.05, 3.63) is 65.2 Å². The third kappa shape index (κ3) is 3.16. The highest BCUT2D eigenvalue weighted by Crippen LogP contribution is 2.46. The number of nitrogens with zero attached hydrogens (tertiary/aromatic N) is 1. The van der Waals surface area contributed by atoms with Crippen LogP contribution >= 0.6 is 0 Å². The quantitative estimate of drug-likeness (QED) is 0.605. The Balaban J connectivity index is 1.64. The Kier molecular flexibility index (Phi) is 4.58. The topological polar surface area (TPSA) is 29.5 Å². The van der Waals surface area contributed by atoms with Crippen LogP contribution in [-0.4, -0.2) is 30.0 Å². The fourth-order valence-electron chi connectivity index (χ4n) is 4.81. The molecule has 26 heavy (non-hydrogen) atoms.